The van der Waals surface area contributed by atoms with Crippen molar-refractivity contribution in [2.45, 2.75) is 20.5 Å². The first-order valence-corrected chi connectivity index (χ1v) is 12.9. The number of nitrogens with zero attached hydrogens (tertiary/aromatic N) is 3. The van der Waals surface area contributed by atoms with Crippen molar-refractivity contribution >= 4 is 23.6 Å². The van der Waals surface area contributed by atoms with Crippen LogP contribution in [0.4, 0.5) is 5.82 Å². The summed E-state index contributed by atoms with van der Waals surface area (Å²) in [7, 11) is 0. The van der Waals surface area contributed by atoms with Gasteiger partial charge < -0.3 is 9.47 Å². The van der Waals surface area contributed by atoms with E-state index in [4.69, 9.17) is 31.2 Å². The van der Waals surface area contributed by atoms with Crippen LogP contribution in [0, 0.1) is 6.92 Å². The molecular formula is C32H28ClN3O2. The van der Waals surface area contributed by atoms with Gasteiger partial charge >= 0.3 is 0 Å². The summed E-state index contributed by atoms with van der Waals surface area (Å²) < 4.78 is 13.8. The van der Waals surface area contributed by atoms with Crippen molar-refractivity contribution in [2.24, 2.45) is 4.99 Å². The zero-order chi connectivity index (χ0) is 26.3. The second-order valence-electron chi connectivity index (χ2n) is 8.78. The van der Waals surface area contributed by atoms with Crippen LogP contribution in [0.5, 0.6) is 11.5 Å². The van der Waals surface area contributed by atoms with Crippen molar-refractivity contribution in [2.75, 3.05) is 6.61 Å². The topological polar surface area (TPSA) is 48.6 Å². The molecule has 0 aliphatic carbocycles. The van der Waals surface area contributed by atoms with Crippen LogP contribution in [0.3, 0.4) is 0 Å². The fraction of sp³-hybridized carbons (Fsp3) is 0.125. The van der Waals surface area contributed by atoms with Crippen molar-refractivity contribution in [3.8, 4) is 28.4 Å². The molecule has 38 heavy (non-hydrogen) atoms. The van der Waals surface area contributed by atoms with E-state index < -0.39 is 0 Å². The van der Waals surface area contributed by atoms with Crippen molar-refractivity contribution in [1.29, 1.82) is 0 Å². The second-order valence-corrected chi connectivity index (χ2v) is 9.19. The lowest BCUT2D eigenvalue weighted by Crippen LogP contribution is -2.01. The van der Waals surface area contributed by atoms with Gasteiger partial charge in [-0.1, -0.05) is 77.8 Å². The van der Waals surface area contributed by atoms with Gasteiger partial charge in [0.25, 0.3) is 0 Å². The van der Waals surface area contributed by atoms with Crippen LogP contribution in [0.2, 0.25) is 5.02 Å². The number of benzene rings is 4. The average Bonchev–Trinajstić information content (AvgIpc) is 3.37. The predicted octanol–water partition coefficient (Wildman–Crippen LogP) is 8.23. The fourth-order valence-electron chi connectivity index (χ4n) is 3.99. The molecule has 0 saturated carbocycles. The highest BCUT2D eigenvalue weighted by molar-refractivity contribution is 6.31. The molecule has 0 unspecified atom stereocenters. The van der Waals surface area contributed by atoms with E-state index in [0.29, 0.717) is 29.7 Å². The van der Waals surface area contributed by atoms with Gasteiger partial charge in [-0.3, -0.25) is 0 Å². The summed E-state index contributed by atoms with van der Waals surface area (Å²) in [4.78, 5) is 4.81. The van der Waals surface area contributed by atoms with E-state index in [0.717, 1.165) is 33.9 Å². The largest absolute Gasteiger partial charge is 0.490 e. The molecule has 1 heterocycles. The molecule has 0 spiro atoms. The van der Waals surface area contributed by atoms with Gasteiger partial charge in [-0.2, -0.15) is 5.10 Å². The zero-order valence-corrected chi connectivity index (χ0v) is 22.1. The number of hydrogen-bond donors (Lipinski definition) is 0. The first kappa shape index (κ1) is 25.3. The Morgan fingerprint density at radius 3 is 2.37 bits per heavy atom. The maximum atomic E-state index is 6.29. The number of para-hydroxylation sites is 1. The number of aryl methyl sites for hydroxylation is 1. The van der Waals surface area contributed by atoms with Gasteiger partial charge in [0.15, 0.2) is 17.3 Å². The summed E-state index contributed by atoms with van der Waals surface area (Å²) in [5.41, 5.74) is 5.85. The monoisotopic (exact) mass is 521 g/mol. The Morgan fingerprint density at radius 2 is 1.61 bits per heavy atom. The average molecular weight is 522 g/mol. The van der Waals surface area contributed by atoms with Crippen LogP contribution in [0.1, 0.15) is 23.6 Å². The molecule has 0 aliphatic heterocycles. The summed E-state index contributed by atoms with van der Waals surface area (Å²) in [6.45, 7) is 4.89. The fourth-order valence-corrected chi connectivity index (χ4v) is 4.18. The highest BCUT2D eigenvalue weighted by Crippen LogP contribution is 2.31. The Kier molecular flexibility index (Phi) is 7.86. The third-order valence-corrected chi connectivity index (χ3v) is 6.36. The minimum atomic E-state index is 0.352. The molecule has 190 valence electrons. The maximum absolute atomic E-state index is 6.29. The third kappa shape index (κ3) is 5.96. The number of ether oxygens (including phenoxy) is 2. The van der Waals surface area contributed by atoms with E-state index >= 15 is 0 Å². The second kappa shape index (κ2) is 11.8. The van der Waals surface area contributed by atoms with E-state index in [1.54, 1.807) is 0 Å². The number of halogens is 1. The molecule has 5 nitrogen and oxygen atoms in total. The van der Waals surface area contributed by atoms with Gasteiger partial charge in [-0.15, -0.1) is 0 Å². The number of rotatable bonds is 9. The highest BCUT2D eigenvalue weighted by Gasteiger charge is 2.12. The molecule has 1 aromatic heterocycles. The first-order chi connectivity index (χ1) is 18.6. The molecule has 0 aliphatic rings. The molecule has 0 radical (unpaired) electrons. The quantitative estimate of drug-likeness (QED) is 0.183. The molecule has 5 rings (SSSR count). The number of hydrogen-bond acceptors (Lipinski definition) is 4. The summed E-state index contributed by atoms with van der Waals surface area (Å²) in [6.07, 6.45) is 1.82. The molecule has 0 atom stereocenters. The van der Waals surface area contributed by atoms with E-state index in [-0.39, 0.29) is 0 Å². The van der Waals surface area contributed by atoms with Crippen LogP contribution >= 0.6 is 11.6 Å². The molecular weight excluding hydrogens is 494 g/mol. The van der Waals surface area contributed by atoms with Gasteiger partial charge in [0.1, 0.15) is 6.61 Å². The molecule has 0 N–H and O–H groups in total. The van der Waals surface area contributed by atoms with Crippen LogP contribution in [-0.2, 0) is 6.61 Å². The molecule has 5 aromatic rings. The minimum absolute atomic E-state index is 0.352. The molecule has 0 amide bonds. The van der Waals surface area contributed by atoms with Gasteiger partial charge in [0, 0.05) is 28.4 Å². The zero-order valence-electron chi connectivity index (χ0n) is 21.3. The lowest BCUT2D eigenvalue weighted by atomic mass is 10.1. The molecule has 0 fully saturated rings. The molecule has 4 aromatic carbocycles. The Hall–Kier alpha value is -4.35. The maximum Gasteiger partial charge on any atom is 0.161 e. The van der Waals surface area contributed by atoms with Crippen molar-refractivity contribution in [1.82, 2.24) is 9.78 Å². The van der Waals surface area contributed by atoms with Crippen molar-refractivity contribution < 1.29 is 9.47 Å². The standard InChI is InChI=1S/C32H28ClN3O2/c1-3-37-31-19-24(15-18-30(31)38-22-26-9-7-8-12-28(26)33)21-34-32-20-29(25-16-13-23(2)14-17-25)35-36(32)27-10-5-4-6-11-27/h4-21H,3,22H2,1-2H3. The van der Waals surface area contributed by atoms with Gasteiger partial charge in [-0.05, 0) is 55.8 Å². The number of aromatic nitrogens is 2. The number of aliphatic imine (C=N–C) groups is 1. The van der Waals surface area contributed by atoms with Gasteiger partial charge in [-0.25, -0.2) is 9.67 Å². The SMILES string of the molecule is CCOc1cc(C=Nc2cc(-c3ccc(C)cc3)nn2-c2ccccc2)ccc1OCc1ccccc1Cl. The van der Waals surface area contributed by atoms with Crippen LogP contribution < -0.4 is 9.47 Å². The first-order valence-electron chi connectivity index (χ1n) is 12.5. The van der Waals surface area contributed by atoms with Crippen LogP contribution in [0.15, 0.2) is 108 Å². The predicted molar refractivity (Wildman–Crippen MR) is 154 cm³/mol. The summed E-state index contributed by atoms with van der Waals surface area (Å²) in [5, 5.41) is 5.54. The summed E-state index contributed by atoms with van der Waals surface area (Å²) in [6, 6.07) is 33.8. The lowest BCUT2D eigenvalue weighted by molar-refractivity contribution is 0.269. The van der Waals surface area contributed by atoms with E-state index in [1.165, 1.54) is 5.56 Å². The lowest BCUT2D eigenvalue weighted by Gasteiger charge is -2.13. The summed E-state index contributed by atoms with van der Waals surface area (Å²) in [5.74, 6) is 2.03. The molecule has 0 bridgehead atoms. The third-order valence-electron chi connectivity index (χ3n) is 5.99. The smallest absolute Gasteiger partial charge is 0.161 e. The molecule has 6 heteroatoms. The van der Waals surface area contributed by atoms with Crippen LogP contribution in [-0.4, -0.2) is 22.6 Å². The van der Waals surface area contributed by atoms with E-state index in [2.05, 4.69) is 31.2 Å². The Bertz CT molecular complexity index is 1540. The Morgan fingerprint density at radius 1 is 0.842 bits per heavy atom. The summed E-state index contributed by atoms with van der Waals surface area (Å²) >= 11 is 6.29. The normalized spacial score (nSPS) is 11.1. The van der Waals surface area contributed by atoms with Crippen molar-refractivity contribution in [3.05, 3.63) is 125 Å². The van der Waals surface area contributed by atoms with Gasteiger partial charge in [0.2, 0.25) is 0 Å². The molecule has 0 saturated heterocycles. The highest BCUT2D eigenvalue weighted by atomic mass is 35.5. The van der Waals surface area contributed by atoms with E-state index in [9.17, 15) is 0 Å². The van der Waals surface area contributed by atoms with E-state index in [1.807, 2.05) is 96.7 Å². The Labute approximate surface area is 228 Å². The minimum Gasteiger partial charge on any atom is -0.490 e. The van der Waals surface area contributed by atoms with Gasteiger partial charge in [0.05, 0.1) is 18.0 Å². The Balaban J connectivity index is 1.43. The van der Waals surface area contributed by atoms with Crippen molar-refractivity contribution in [3.63, 3.8) is 0 Å². The van der Waals surface area contributed by atoms with Crippen LogP contribution in [0.25, 0.3) is 16.9 Å².